The molecule has 0 saturated heterocycles. The fraction of sp³-hybridized carbons (Fsp3) is 0.353. The number of nitrogens with one attached hydrogen (secondary N) is 1. The van der Waals surface area contributed by atoms with Gasteiger partial charge in [-0.05, 0) is 60.9 Å². The molecule has 0 atom stereocenters. The number of aromatic nitrogens is 1. The number of rotatable bonds is 3. The molecule has 0 bridgehead atoms. The molecule has 2 aromatic rings. The maximum atomic E-state index is 4.24. The minimum Gasteiger partial charge on any atom is -0.381 e. The molecule has 2 heteroatoms. The van der Waals surface area contributed by atoms with Gasteiger partial charge >= 0.3 is 0 Å². The van der Waals surface area contributed by atoms with Gasteiger partial charge in [-0.15, -0.1) is 0 Å². The first-order valence-electron chi connectivity index (χ1n) is 7.08. The van der Waals surface area contributed by atoms with Crippen LogP contribution in [0.3, 0.4) is 0 Å². The van der Waals surface area contributed by atoms with E-state index >= 15 is 0 Å². The number of benzene rings is 1. The van der Waals surface area contributed by atoms with Gasteiger partial charge in [-0.25, -0.2) is 0 Å². The Morgan fingerprint density at radius 1 is 1.16 bits per heavy atom. The molecule has 0 saturated carbocycles. The quantitative estimate of drug-likeness (QED) is 0.896. The fourth-order valence-corrected chi connectivity index (χ4v) is 2.86. The first-order valence-corrected chi connectivity index (χ1v) is 7.08. The minimum atomic E-state index is 0.852. The molecule has 2 nitrogen and oxygen atoms in total. The van der Waals surface area contributed by atoms with Crippen molar-refractivity contribution >= 4 is 5.69 Å². The van der Waals surface area contributed by atoms with Crippen LogP contribution in [-0.2, 0) is 19.4 Å². The Labute approximate surface area is 114 Å². The van der Waals surface area contributed by atoms with Crippen LogP contribution in [0, 0.1) is 6.92 Å². The third-order valence-electron chi connectivity index (χ3n) is 3.81. The van der Waals surface area contributed by atoms with E-state index in [1.165, 1.54) is 53.6 Å². The zero-order valence-electron chi connectivity index (χ0n) is 11.4. The van der Waals surface area contributed by atoms with E-state index in [-0.39, 0.29) is 0 Å². The molecule has 0 fully saturated rings. The standard InChI is InChI=1S/C17H20N2/c1-13-9-14(11-18-10-13)12-19-17-8-4-6-15-5-2-3-7-16(15)17/h4,6,8-11,19H,2-3,5,7,12H2,1H3. The average molecular weight is 252 g/mol. The van der Waals surface area contributed by atoms with Gasteiger partial charge in [-0.1, -0.05) is 18.2 Å². The predicted molar refractivity (Wildman–Crippen MR) is 79.4 cm³/mol. The third kappa shape index (κ3) is 2.78. The van der Waals surface area contributed by atoms with Crippen molar-refractivity contribution in [2.75, 3.05) is 5.32 Å². The van der Waals surface area contributed by atoms with Gasteiger partial charge in [-0.2, -0.15) is 0 Å². The van der Waals surface area contributed by atoms with Crippen LogP contribution in [0.25, 0.3) is 0 Å². The summed E-state index contributed by atoms with van der Waals surface area (Å²) in [6, 6.07) is 8.83. The van der Waals surface area contributed by atoms with Gasteiger partial charge < -0.3 is 5.32 Å². The van der Waals surface area contributed by atoms with Gasteiger partial charge in [0.25, 0.3) is 0 Å². The minimum absolute atomic E-state index is 0.852. The van der Waals surface area contributed by atoms with Crippen molar-refractivity contribution in [3.05, 3.63) is 58.9 Å². The largest absolute Gasteiger partial charge is 0.381 e. The van der Waals surface area contributed by atoms with Crippen molar-refractivity contribution in [3.8, 4) is 0 Å². The second-order valence-electron chi connectivity index (χ2n) is 5.37. The molecule has 19 heavy (non-hydrogen) atoms. The van der Waals surface area contributed by atoms with Gasteiger partial charge in [0.05, 0.1) is 0 Å². The summed E-state index contributed by atoms with van der Waals surface area (Å²) in [5.74, 6) is 0. The summed E-state index contributed by atoms with van der Waals surface area (Å²) in [4.78, 5) is 4.24. The van der Waals surface area contributed by atoms with E-state index in [1.54, 1.807) is 0 Å². The molecule has 98 valence electrons. The summed E-state index contributed by atoms with van der Waals surface area (Å²) < 4.78 is 0. The van der Waals surface area contributed by atoms with Crippen molar-refractivity contribution in [2.45, 2.75) is 39.2 Å². The number of hydrogen-bond donors (Lipinski definition) is 1. The highest BCUT2D eigenvalue weighted by Gasteiger charge is 2.12. The smallest absolute Gasteiger partial charge is 0.0416 e. The van der Waals surface area contributed by atoms with Crippen molar-refractivity contribution in [1.29, 1.82) is 0 Å². The van der Waals surface area contributed by atoms with Crippen LogP contribution in [0.4, 0.5) is 5.69 Å². The summed E-state index contributed by atoms with van der Waals surface area (Å²) in [6.07, 6.45) is 8.93. The molecule has 1 aliphatic carbocycles. The maximum Gasteiger partial charge on any atom is 0.0416 e. The van der Waals surface area contributed by atoms with Crippen LogP contribution < -0.4 is 5.32 Å². The van der Waals surface area contributed by atoms with Crippen LogP contribution in [0.5, 0.6) is 0 Å². The Kier molecular flexibility index (Phi) is 3.49. The number of hydrogen-bond acceptors (Lipinski definition) is 2. The van der Waals surface area contributed by atoms with Crippen LogP contribution in [0.15, 0.2) is 36.7 Å². The topological polar surface area (TPSA) is 24.9 Å². The molecule has 0 aliphatic heterocycles. The number of aryl methyl sites for hydroxylation is 2. The van der Waals surface area contributed by atoms with Crippen molar-refractivity contribution in [3.63, 3.8) is 0 Å². The fourth-order valence-electron chi connectivity index (χ4n) is 2.86. The van der Waals surface area contributed by atoms with Crippen LogP contribution >= 0.6 is 0 Å². The lowest BCUT2D eigenvalue weighted by molar-refractivity contribution is 0.686. The van der Waals surface area contributed by atoms with Gasteiger partial charge in [0.15, 0.2) is 0 Å². The summed E-state index contributed by atoms with van der Waals surface area (Å²) >= 11 is 0. The Balaban J connectivity index is 1.77. The number of anilines is 1. The van der Waals surface area contributed by atoms with E-state index in [1.807, 2.05) is 12.4 Å². The molecular formula is C17H20N2. The normalized spacial score (nSPS) is 13.9. The Morgan fingerprint density at radius 3 is 2.95 bits per heavy atom. The highest BCUT2D eigenvalue weighted by atomic mass is 14.9. The number of nitrogens with zero attached hydrogens (tertiary/aromatic N) is 1. The van der Waals surface area contributed by atoms with Crippen molar-refractivity contribution < 1.29 is 0 Å². The van der Waals surface area contributed by atoms with Crippen LogP contribution in [0.1, 0.15) is 35.1 Å². The first-order chi connectivity index (χ1) is 9.33. The highest BCUT2D eigenvalue weighted by molar-refractivity contribution is 5.55. The zero-order chi connectivity index (χ0) is 13.1. The number of pyridine rings is 1. The third-order valence-corrected chi connectivity index (χ3v) is 3.81. The molecule has 3 rings (SSSR count). The maximum absolute atomic E-state index is 4.24. The second kappa shape index (κ2) is 5.43. The van der Waals surface area contributed by atoms with Gasteiger partial charge in [0.2, 0.25) is 0 Å². The molecule has 1 aliphatic rings. The van der Waals surface area contributed by atoms with Crippen molar-refractivity contribution in [1.82, 2.24) is 4.98 Å². The summed E-state index contributed by atoms with van der Waals surface area (Å²) in [7, 11) is 0. The lowest BCUT2D eigenvalue weighted by Gasteiger charge is -2.20. The molecule has 0 unspecified atom stereocenters. The Bertz CT molecular complexity index is 575. The lowest BCUT2D eigenvalue weighted by Crippen LogP contribution is -2.08. The van der Waals surface area contributed by atoms with Gasteiger partial charge in [0, 0.05) is 24.6 Å². The summed E-state index contributed by atoms with van der Waals surface area (Å²) in [5.41, 5.74) is 6.81. The van der Waals surface area contributed by atoms with Crippen LogP contribution in [-0.4, -0.2) is 4.98 Å². The van der Waals surface area contributed by atoms with E-state index in [0.717, 1.165) is 6.54 Å². The van der Waals surface area contributed by atoms with E-state index in [4.69, 9.17) is 0 Å². The summed E-state index contributed by atoms with van der Waals surface area (Å²) in [6.45, 7) is 2.94. The SMILES string of the molecule is Cc1cncc(CNc2cccc3c2CCCC3)c1. The molecule has 0 radical (unpaired) electrons. The molecule has 0 spiro atoms. The predicted octanol–water partition coefficient (Wildman–Crippen LogP) is 3.88. The zero-order valence-corrected chi connectivity index (χ0v) is 11.4. The molecule has 1 heterocycles. The molecule has 1 aromatic carbocycles. The monoisotopic (exact) mass is 252 g/mol. The molecule has 1 aromatic heterocycles. The molecule has 1 N–H and O–H groups in total. The molecular weight excluding hydrogens is 232 g/mol. The van der Waals surface area contributed by atoms with E-state index in [2.05, 4.69) is 41.5 Å². The van der Waals surface area contributed by atoms with E-state index in [9.17, 15) is 0 Å². The second-order valence-corrected chi connectivity index (χ2v) is 5.37. The van der Waals surface area contributed by atoms with Gasteiger partial charge in [-0.3, -0.25) is 4.98 Å². The van der Waals surface area contributed by atoms with Crippen LogP contribution in [0.2, 0.25) is 0 Å². The van der Waals surface area contributed by atoms with E-state index < -0.39 is 0 Å². The van der Waals surface area contributed by atoms with Crippen molar-refractivity contribution in [2.24, 2.45) is 0 Å². The van der Waals surface area contributed by atoms with Gasteiger partial charge in [0.1, 0.15) is 0 Å². The number of fused-ring (bicyclic) bond motifs is 1. The lowest BCUT2D eigenvalue weighted by atomic mass is 9.90. The Hall–Kier alpha value is -1.83. The highest BCUT2D eigenvalue weighted by Crippen LogP contribution is 2.28. The van der Waals surface area contributed by atoms with E-state index in [0.29, 0.717) is 0 Å². The first kappa shape index (κ1) is 12.2. The Morgan fingerprint density at radius 2 is 2.05 bits per heavy atom. The summed E-state index contributed by atoms with van der Waals surface area (Å²) in [5, 5.41) is 3.58. The molecule has 0 amide bonds. The average Bonchev–Trinajstić information content (AvgIpc) is 2.45.